The van der Waals surface area contributed by atoms with Crippen LogP contribution in [0.3, 0.4) is 0 Å². The van der Waals surface area contributed by atoms with Crippen molar-refractivity contribution in [3.05, 3.63) is 28.2 Å². The van der Waals surface area contributed by atoms with Crippen LogP contribution >= 0.6 is 15.9 Å². The number of hydrogen-bond donors (Lipinski definition) is 2. The largest absolute Gasteiger partial charge is 0.444 e. The van der Waals surface area contributed by atoms with Crippen LogP contribution in [0.15, 0.2) is 22.7 Å². The molecule has 0 bridgehead atoms. The lowest BCUT2D eigenvalue weighted by Gasteiger charge is -2.29. The molecule has 1 aliphatic heterocycles. The Kier molecular flexibility index (Phi) is 6.51. The first kappa shape index (κ1) is 21.2. The molecule has 0 aliphatic carbocycles. The summed E-state index contributed by atoms with van der Waals surface area (Å²) in [7, 11) is 1.50. The van der Waals surface area contributed by atoms with Crippen molar-refractivity contribution in [2.75, 3.05) is 12.4 Å². The number of anilines is 1. The summed E-state index contributed by atoms with van der Waals surface area (Å²) in [6.45, 7) is 6.87. The highest BCUT2D eigenvalue weighted by Gasteiger charge is 2.31. The molecule has 3 amide bonds. The maximum Gasteiger partial charge on any atom is 0.410 e. The number of rotatable bonds is 3. The Morgan fingerprint density at radius 3 is 2.67 bits per heavy atom. The summed E-state index contributed by atoms with van der Waals surface area (Å²) in [5.74, 6) is -0.678. The van der Waals surface area contributed by atoms with E-state index in [0.29, 0.717) is 12.8 Å². The van der Waals surface area contributed by atoms with Crippen LogP contribution in [0.4, 0.5) is 10.5 Å². The molecule has 7 nitrogen and oxygen atoms in total. The number of nitrogens with one attached hydrogen (secondary N) is 2. The molecule has 8 heteroatoms. The van der Waals surface area contributed by atoms with Crippen LogP contribution in [0.1, 0.15) is 39.7 Å². The van der Waals surface area contributed by atoms with Crippen molar-refractivity contribution in [3.8, 4) is 0 Å². The number of ether oxygens (including phenoxy) is 1. The number of hydrogen-bond acceptors (Lipinski definition) is 4. The summed E-state index contributed by atoms with van der Waals surface area (Å²) in [5, 5.41) is 5.60. The molecular weight excluding hydrogens is 414 g/mol. The summed E-state index contributed by atoms with van der Waals surface area (Å²) in [6.07, 6.45) is 0.546. The molecule has 2 rings (SSSR count). The van der Waals surface area contributed by atoms with Gasteiger partial charge in [0.1, 0.15) is 17.7 Å². The van der Waals surface area contributed by atoms with Crippen LogP contribution in [0.5, 0.6) is 0 Å². The van der Waals surface area contributed by atoms with Gasteiger partial charge in [0.2, 0.25) is 11.8 Å². The third-order valence-electron chi connectivity index (χ3n) is 4.31. The molecule has 0 spiro atoms. The Hall–Kier alpha value is -2.09. The van der Waals surface area contributed by atoms with Crippen LogP contribution < -0.4 is 10.6 Å². The molecule has 2 N–H and O–H groups in total. The lowest BCUT2D eigenvalue weighted by atomic mass is 10.1. The lowest BCUT2D eigenvalue weighted by molar-refractivity contribution is -0.129. The van der Waals surface area contributed by atoms with Gasteiger partial charge < -0.3 is 15.4 Å². The molecular formula is C19H26BrN3O4. The van der Waals surface area contributed by atoms with Gasteiger partial charge in [0.15, 0.2) is 0 Å². The average molecular weight is 440 g/mol. The van der Waals surface area contributed by atoms with E-state index < -0.39 is 29.7 Å². The number of fused-ring (bicyclic) bond motifs is 1. The fourth-order valence-electron chi connectivity index (χ4n) is 2.63. The molecule has 0 aromatic heterocycles. The smallest absolute Gasteiger partial charge is 0.410 e. The van der Waals surface area contributed by atoms with Crippen LogP contribution in [-0.2, 0) is 20.7 Å². The van der Waals surface area contributed by atoms with E-state index in [1.54, 1.807) is 27.7 Å². The molecule has 27 heavy (non-hydrogen) atoms. The van der Waals surface area contributed by atoms with Gasteiger partial charge in [-0.1, -0.05) is 22.0 Å². The predicted octanol–water partition coefficient (Wildman–Crippen LogP) is 3.07. The van der Waals surface area contributed by atoms with E-state index in [1.165, 1.54) is 11.9 Å². The Morgan fingerprint density at radius 1 is 1.37 bits per heavy atom. The van der Waals surface area contributed by atoms with Gasteiger partial charge in [-0.3, -0.25) is 14.5 Å². The molecule has 148 valence electrons. The van der Waals surface area contributed by atoms with Gasteiger partial charge in [-0.25, -0.2) is 4.79 Å². The maximum absolute atomic E-state index is 12.6. The Labute approximate surface area is 167 Å². The second-order valence-electron chi connectivity index (χ2n) is 7.66. The Morgan fingerprint density at radius 2 is 2.04 bits per heavy atom. The Bertz CT molecular complexity index is 745. The minimum absolute atomic E-state index is 0.271. The standard InChI is InChI=1S/C19H26BrN3O4/c1-11(23(5)18(26)27-19(2,3)4)16(24)21-14-9-7-12-6-8-13(20)10-15(12)22-17(14)25/h6,8,10-11,14H,7,9H2,1-5H3,(H,21,24)(H,22,25)/t11-,14?/m0/s1. The highest BCUT2D eigenvalue weighted by atomic mass is 79.9. The van der Waals surface area contributed by atoms with Gasteiger partial charge in [-0.15, -0.1) is 0 Å². The topological polar surface area (TPSA) is 87.7 Å². The summed E-state index contributed by atoms with van der Waals surface area (Å²) >= 11 is 3.39. The lowest BCUT2D eigenvalue weighted by Crippen LogP contribution is -2.52. The minimum Gasteiger partial charge on any atom is -0.444 e. The van der Waals surface area contributed by atoms with Crippen molar-refractivity contribution in [3.63, 3.8) is 0 Å². The first-order valence-corrected chi connectivity index (χ1v) is 9.62. The third kappa shape index (κ3) is 5.69. The van der Waals surface area contributed by atoms with Crippen molar-refractivity contribution in [1.82, 2.24) is 10.2 Å². The average Bonchev–Trinajstić information content (AvgIpc) is 2.70. The SMILES string of the molecule is C[C@@H](C(=O)NC1CCc2ccc(Br)cc2NC1=O)N(C)C(=O)OC(C)(C)C. The molecule has 0 fully saturated rings. The fourth-order valence-corrected chi connectivity index (χ4v) is 2.99. The predicted molar refractivity (Wildman–Crippen MR) is 106 cm³/mol. The van der Waals surface area contributed by atoms with E-state index in [-0.39, 0.29) is 5.91 Å². The molecule has 1 aromatic carbocycles. The van der Waals surface area contributed by atoms with Crippen LogP contribution in [0, 0.1) is 0 Å². The number of nitrogens with zero attached hydrogens (tertiary/aromatic N) is 1. The van der Waals surface area contributed by atoms with Crippen LogP contribution in [0.2, 0.25) is 0 Å². The van der Waals surface area contributed by atoms with Crippen molar-refractivity contribution in [2.24, 2.45) is 0 Å². The molecule has 1 aliphatic rings. The second-order valence-corrected chi connectivity index (χ2v) is 8.57. The number of benzene rings is 1. The van der Waals surface area contributed by atoms with Crippen molar-refractivity contribution < 1.29 is 19.1 Å². The third-order valence-corrected chi connectivity index (χ3v) is 4.80. The van der Waals surface area contributed by atoms with E-state index in [2.05, 4.69) is 26.6 Å². The van der Waals surface area contributed by atoms with Gasteiger partial charge in [0.25, 0.3) is 0 Å². The molecule has 0 saturated heterocycles. The molecule has 2 atom stereocenters. The maximum atomic E-state index is 12.6. The van der Waals surface area contributed by atoms with E-state index in [1.807, 2.05) is 18.2 Å². The van der Waals surface area contributed by atoms with Crippen LogP contribution in [0.25, 0.3) is 0 Å². The highest BCUT2D eigenvalue weighted by molar-refractivity contribution is 9.10. The van der Waals surface area contributed by atoms with Gasteiger partial charge in [-0.2, -0.15) is 0 Å². The van der Waals surface area contributed by atoms with E-state index in [9.17, 15) is 14.4 Å². The summed E-state index contributed by atoms with van der Waals surface area (Å²) in [6, 6.07) is 4.27. The summed E-state index contributed by atoms with van der Waals surface area (Å²) in [5.41, 5.74) is 1.11. The normalized spacial score (nSPS) is 17.9. The van der Waals surface area contributed by atoms with Gasteiger partial charge in [0.05, 0.1) is 0 Å². The van der Waals surface area contributed by atoms with Gasteiger partial charge in [-0.05, 0) is 58.2 Å². The zero-order valence-corrected chi connectivity index (χ0v) is 17.8. The second kappa shape index (κ2) is 8.29. The zero-order valence-electron chi connectivity index (χ0n) is 16.3. The van der Waals surface area contributed by atoms with Crippen molar-refractivity contribution in [1.29, 1.82) is 0 Å². The first-order valence-electron chi connectivity index (χ1n) is 8.83. The zero-order chi connectivity index (χ0) is 20.4. The fraction of sp³-hybridized carbons (Fsp3) is 0.526. The number of carbonyl (C=O) groups excluding carboxylic acids is 3. The van der Waals surface area contributed by atoms with Crippen molar-refractivity contribution in [2.45, 2.75) is 58.2 Å². The molecule has 1 heterocycles. The van der Waals surface area contributed by atoms with E-state index in [4.69, 9.17) is 4.74 Å². The van der Waals surface area contributed by atoms with Crippen LogP contribution in [-0.4, -0.2) is 47.5 Å². The number of carbonyl (C=O) groups is 3. The molecule has 1 aromatic rings. The van der Waals surface area contributed by atoms with E-state index >= 15 is 0 Å². The number of halogens is 1. The Balaban J connectivity index is 2.01. The molecule has 1 unspecified atom stereocenters. The van der Waals surface area contributed by atoms with E-state index in [0.717, 1.165) is 15.7 Å². The first-order chi connectivity index (χ1) is 12.5. The molecule has 0 saturated carbocycles. The quantitative estimate of drug-likeness (QED) is 0.757. The number of aryl methyl sites for hydroxylation is 1. The number of likely N-dealkylation sites (N-methyl/N-ethyl adjacent to an activating group) is 1. The number of amides is 3. The van der Waals surface area contributed by atoms with Gasteiger partial charge in [0, 0.05) is 17.2 Å². The van der Waals surface area contributed by atoms with Gasteiger partial charge >= 0.3 is 6.09 Å². The highest BCUT2D eigenvalue weighted by Crippen LogP contribution is 2.26. The summed E-state index contributed by atoms with van der Waals surface area (Å²) < 4.78 is 6.15. The molecule has 0 radical (unpaired) electrons. The monoisotopic (exact) mass is 439 g/mol. The summed E-state index contributed by atoms with van der Waals surface area (Å²) in [4.78, 5) is 38.4. The van der Waals surface area contributed by atoms with Crippen molar-refractivity contribution >= 4 is 39.5 Å². The minimum atomic E-state index is -0.771.